The number of aromatic nitrogens is 2. The molecule has 2 aromatic rings. The quantitative estimate of drug-likeness (QED) is 0.365. The average Bonchev–Trinajstić information content (AvgIpc) is 2.92. The van der Waals surface area contributed by atoms with Crippen molar-refractivity contribution in [3.8, 4) is 0 Å². The molecule has 1 heterocycles. The van der Waals surface area contributed by atoms with Crippen molar-refractivity contribution < 1.29 is 9.49 Å². The van der Waals surface area contributed by atoms with E-state index < -0.39 is 4.92 Å². The molecule has 0 fully saturated rings. The number of non-ortho nitro benzene ring substituents is 1. The normalized spacial score (nSPS) is 10.4. The standard InChI is InChI=1S/C14H19N4O2/c1-2-16-10-11-17(12-16)9-3-8-15-13-4-6-14(7-5-13)18(19)20/h4-7,10-12,15H,2-3,8-9H2,1H3/q+1. The molecule has 2 rings (SSSR count). The minimum absolute atomic E-state index is 0.118. The first-order valence-electron chi connectivity index (χ1n) is 6.72. The third kappa shape index (κ3) is 3.81. The van der Waals surface area contributed by atoms with Gasteiger partial charge in [0.1, 0.15) is 12.4 Å². The van der Waals surface area contributed by atoms with E-state index in [4.69, 9.17) is 0 Å². The lowest BCUT2D eigenvalue weighted by Gasteiger charge is -2.04. The van der Waals surface area contributed by atoms with Crippen molar-refractivity contribution in [2.24, 2.45) is 0 Å². The number of rotatable bonds is 7. The lowest BCUT2D eigenvalue weighted by Crippen LogP contribution is -2.32. The van der Waals surface area contributed by atoms with Crippen molar-refractivity contribution in [2.45, 2.75) is 26.4 Å². The van der Waals surface area contributed by atoms with Crippen LogP contribution in [0, 0.1) is 10.1 Å². The van der Waals surface area contributed by atoms with E-state index in [0.717, 1.165) is 31.7 Å². The largest absolute Gasteiger partial charge is 0.385 e. The van der Waals surface area contributed by atoms with Crippen molar-refractivity contribution >= 4 is 11.4 Å². The monoisotopic (exact) mass is 275 g/mol. The van der Waals surface area contributed by atoms with Gasteiger partial charge in [-0.3, -0.25) is 10.1 Å². The summed E-state index contributed by atoms with van der Waals surface area (Å²) in [7, 11) is 0. The Kier molecular flexibility index (Phi) is 4.70. The summed E-state index contributed by atoms with van der Waals surface area (Å²) in [5.74, 6) is 0. The van der Waals surface area contributed by atoms with Crippen LogP contribution >= 0.6 is 0 Å². The van der Waals surface area contributed by atoms with Crippen molar-refractivity contribution in [3.63, 3.8) is 0 Å². The Hall–Kier alpha value is -2.37. The van der Waals surface area contributed by atoms with E-state index in [0.29, 0.717) is 0 Å². The van der Waals surface area contributed by atoms with Gasteiger partial charge >= 0.3 is 0 Å². The molecule has 20 heavy (non-hydrogen) atoms. The van der Waals surface area contributed by atoms with Crippen LogP contribution in [0.1, 0.15) is 13.3 Å². The molecule has 1 N–H and O–H groups in total. The summed E-state index contributed by atoms with van der Waals surface area (Å²) in [4.78, 5) is 10.1. The lowest BCUT2D eigenvalue weighted by atomic mass is 10.3. The van der Waals surface area contributed by atoms with Crippen LogP contribution in [0.5, 0.6) is 0 Å². The zero-order valence-corrected chi connectivity index (χ0v) is 11.5. The van der Waals surface area contributed by atoms with E-state index in [2.05, 4.69) is 40.1 Å². The van der Waals surface area contributed by atoms with Crippen LogP contribution in [0.25, 0.3) is 0 Å². The highest BCUT2D eigenvalue weighted by molar-refractivity contribution is 5.48. The van der Waals surface area contributed by atoms with Gasteiger partial charge in [-0.25, -0.2) is 9.13 Å². The maximum Gasteiger partial charge on any atom is 0.269 e. The Bertz CT molecular complexity index is 563. The summed E-state index contributed by atoms with van der Waals surface area (Å²) in [6.45, 7) is 4.88. The predicted octanol–water partition coefficient (Wildman–Crippen LogP) is 2.21. The SMILES string of the molecule is CCn1cc[n+](CCCNc2ccc([N+](=O)[O-])cc2)c1. The van der Waals surface area contributed by atoms with Crippen LogP contribution in [0.15, 0.2) is 43.0 Å². The van der Waals surface area contributed by atoms with Gasteiger partial charge in [-0.2, -0.15) is 0 Å². The number of nitro groups is 1. The highest BCUT2D eigenvalue weighted by atomic mass is 16.6. The summed E-state index contributed by atoms with van der Waals surface area (Å²) in [5, 5.41) is 13.8. The number of nitrogens with one attached hydrogen (secondary N) is 1. The summed E-state index contributed by atoms with van der Waals surface area (Å²) >= 11 is 0. The molecule has 106 valence electrons. The van der Waals surface area contributed by atoms with Crippen LogP contribution in [-0.2, 0) is 13.1 Å². The van der Waals surface area contributed by atoms with Crippen LogP contribution in [-0.4, -0.2) is 16.0 Å². The molecule has 0 atom stereocenters. The van der Waals surface area contributed by atoms with Crippen molar-refractivity contribution in [2.75, 3.05) is 11.9 Å². The Labute approximate surface area is 117 Å². The van der Waals surface area contributed by atoms with Gasteiger partial charge in [0, 0.05) is 30.8 Å². The molecule has 0 aliphatic carbocycles. The minimum Gasteiger partial charge on any atom is -0.385 e. The molecule has 1 aromatic carbocycles. The molecule has 0 bridgehead atoms. The number of nitrogens with zero attached hydrogens (tertiary/aromatic N) is 3. The van der Waals surface area contributed by atoms with Crippen LogP contribution in [0.3, 0.4) is 0 Å². The van der Waals surface area contributed by atoms with Gasteiger partial charge in [0.25, 0.3) is 5.69 Å². The molecule has 0 saturated heterocycles. The van der Waals surface area contributed by atoms with Gasteiger partial charge in [-0.05, 0) is 19.1 Å². The number of anilines is 1. The molecule has 0 unspecified atom stereocenters. The molecule has 6 heteroatoms. The Morgan fingerprint density at radius 1 is 1.35 bits per heavy atom. The number of hydrogen-bond donors (Lipinski definition) is 1. The van der Waals surface area contributed by atoms with E-state index in [1.165, 1.54) is 12.1 Å². The second-order valence-electron chi connectivity index (χ2n) is 4.57. The third-order valence-electron chi connectivity index (χ3n) is 3.11. The Morgan fingerprint density at radius 3 is 2.70 bits per heavy atom. The summed E-state index contributed by atoms with van der Waals surface area (Å²) in [5.41, 5.74) is 1.03. The summed E-state index contributed by atoms with van der Waals surface area (Å²) in [6, 6.07) is 6.49. The summed E-state index contributed by atoms with van der Waals surface area (Å²) < 4.78 is 4.28. The molecule has 0 radical (unpaired) electrons. The first kappa shape index (κ1) is 14.0. The van der Waals surface area contributed by atoms with Crippen molar-refractivity contribution in [1.29, 1.82) is 0 Å². The first-order valence-corrected chi connectivity index (χ1v) is 6.72. The van der Waals surface area contributed by atoms with E-state index >= 15 is 0 Å². The highest BCUT2D eigenvalue weighted by Gasteiger charge is 2.04. The van der Waals surface area contributed by atoms with E-state index in [9.17, 15) is 10.1 Å². The van der Waals surface area contributed by atoms with Crippen LogP contribution < -0.4 is 9.88 Å². The fraction of sp³-hybridized carbons (Fsp3) is 0.357. The number of hydrogen-bond acceptors (Lipinski definition) is 3. The second kappa shape index (κ2) is 6.70. The summed E-state index contributed by atoms with van der Waals surface area (Å²) in [6.07, 6.45) is 7.21. The van der Waals surface area contributed by atoms with Gasteiger partial charge in [0.05, 0.1) is 18.0 Å². The maximum atomic E-state index is 10.5. The molecule has 0 aliphatic rings. The van der Waals surface area contributed by atoms with Crippen LogP contribution in [0.2, 0.25) is 0 Å². The lowest BCUT2D eigenvalue weighted by molar-refractivity contribution is -0.696. The molecule has 0 spiro atoms. The topological polar surface area (TPSA) is 64.0 Å². The van der Waals surface area contributed by atoms with E-state index in [1.54, 1.807) is 12.1 Å². The Morgan fingerprint density at radius 2 is 2.10 bits per heavy atom. The van der Waals surface area contributed by atoms with Crippen molar-refractivity contribution in [3.05, 3.63) is 53.1 Å². The smallest absolute Gasteiger partial charge is 0.269 e. The van der Waals surface area contributed by atoms with Gasteiger partial charge in [-0.15, -0.1) is 0 Å². The number of nitro benzene ring substituents is 1. The number of benzene rings is 1. The molecule has 0 saturated carbocycles. The first-order chi connectivity index (χ1) is 9.69. The van der Waals surface area contributed by atoms with E-state index in [1.807, 2.05) is 0 Å². The second-order valence-corrected chi connectivity index (χ2v) is 4.57. The number of imidazole rings is 1. The fourth-order valence-electron chi connectivity index (χ4n) is 1.95. The van der Waals surface area contributed by atoms with Gasteiger partial charge in [0.2, 0.25) is 6.33 Å². The maximum absolute atomic E-state index is 10.5. The third-order valence-corrected chi connectivity index (χ3v) is 3.11. The predicted molar refractivity (Wildman–Crippen MR) is 76.5 cm³/mol. The number of aryl methyl sites for hydroxylation is 2. The van der Waals surface area contributed by atoms with Crippen LogP contribution in [0.4, 0.5) is 11.4 Å². The molecular formula is C14H19N4O2+. The van der Waals surface area contributed by atoms with Gasteiger partial charge in [-0.1, -0.05) is 0 Å². The molecule has 0 aliphatic heterocycles. The minimum atomic E-state index is -0.390. The molecule has 6 nitrogen and oxygen atoms in total. The van der Waals surface area contributed by atoms with Crippen molar-refractivity contribution in [1.82, 2.24) is 4.57 Å². The highest BCUT2D eigenvalue weighted by Crippen LogP contribution is 2.15. The van der Waals surface area contributed by atoms with Gasteiger partial charge < -0.3 is 5.32 Å². The molecular weight excluding hydrogens is 256 g/mol. The zero-order chi connectivity index (χ0) is 14.4. The fourth-order valence-corrected chi connectivity index (χ4v) is 1.95. The zero-order valence-electron chi connectivity index (χ0n) is 11.5. The molecule has 0 amide bonds. The average molecular weight is 275 g/mol. The molecule has 1 aromatic heterocycles. The van der Waals surface area contributed by atoms with E-state index in [-0.39, 0.29) is 5.69 Å². The Balaban J connectivity index is 1.74. The van der Waals surface area contributed by atoms with Gasteiger partial charge in [0.15, 0.2) is 0 Å².